The SMILES string of the molecule is CNC(C)(C#N)CCOc1cccc(N(C)C)c1. The van der Waals surface area contributed by atoms with Crippen LogP contribution in [-0.4, -0.2) is 33.3 Å². The number of rotatable bonds is 6. The molecule has 0 aliphatic carbocycles. The number of benzene rings is 1. The minimum Gasteiger partial charge on any atom is -0.493 e. The lowest BCUT2D eigenvalue weighted by Gasteiger charge is -2.21. The van der Waals surface area contributed by atoms with Gasteiger partial charge in [0.1, 0.15) is 11.3 Å². The summed E-state index contributed by atoms with van der Waals surface area (Å²) in [5, 5.41) is 12.0. The Morgan fingerprint density at radius 3 is 2.72 bits per heavy atom. The van der Waals surface area contributed by atoms with E-state index < -0.39 is 5.54 Å². The number of hydrogen-bond donors (Lipinski definition) is 1. The maximum atomic E-state index is 9.02. The van der Waals surface area contributed by atoms with Gasteiger partial charge in [-0.15, -0.1) is 0 Å². The fourth-order valence-corrected chi connectivity index (χ4v) is 1.46. The normalized spacial score (nSPS) is 13.5. The van der Waals surface area contributed by atoms with Crippen molar-refractivity contribution in [1.29, 1.82) is 5.26 Å². The fraction of sp³-hybridized carbons (Fsp3) is 0.500. The summed E-state index contributed by atoms with van der Waals surface area (Å²) in [7, 11) is 5.77. The molecule has 0 fully saturated rings. The first-order chi connectivity index (χ1) is 8.50. The van der Waals surface area contributed by atoms with E-state index in [2.05, 4.69) is 11.4 Å². The van der Waals surface area contributed by atoms with E-state index in [0.717, 1.165) is 11.4 Å². The second kappa shape index (κ2) is 6.27. The first kappa shape index (κ1) is 14.3. The van der Waals surface area contributed by atoms with Crippen molar-refractivity contribution >= 4 is 5.69 Å². The summed E-state index contributed by atoms with van der Waals surface area (Å²) in [5.41, 5.74) is 0.572. The highest BCUT2D eigenvalue weighted by molar-refractivity contribution is 5.49. The summed E-state index contributed by atoms with van der Waals surface area (Å²) in [5.74, 6) is 0.831. The van der Waals surface area contributed by atoms with Crippen LogP contribution in [0.15, 0.2) is 24.3 Å². The Balaban J connectivity index is 2.54. The third-order valence-electron chi connectivity index (χ3n) is 3.00. The van der Waals surface area contributed by atoms with Crippen molar-refractivity contribution in [2.75, 3.05) is 32.6 Å². The second-order valence-corrected chi connectivity index (χ2v) is 4.68. The summed E-state index contributed by atoms with van der Waals surface area (Å²) in [6.07, 6.45) is 0.645. The molecule has 1 rings (SSSR count). The maximum Gasteiger partial charge on any atom is 0.121 e. The molecule has 1 unspecified atom stereocenters. The van der Waals surface area contributed by atoms with Crippen molar-refractivity contribution in [3.8, 4) is 11.8 Å². The van der Waals surface area contributed by atoms with Gasteiger partial charge in [0.15, 0.2) is 0 Å². The average Bonchev–Trinajstić information content (AvgIpc) is 2.39. The summed E-state index contributed by atoms with van der Waals surface area (Å²) in [6, 6.07) is 10.2. The third kappa shape index (κ3) is 3.94. The molecule has 1 atom stereocenters. The zero-order valence-electron chi connectivity index (χ0n) is 11.5. The van der Waals surface area contributed by atoms with Crippen LogP contribution in [0.2, 0.25) is 0 Å². The van der Waals surface area contributed by atoms with Crippen LogP contribution in [0.1, 0.15) is 13.3 Å². The number of hydrogen-bond acceptors (Lipinski definition) is 4. The largest absolute Gasteiger partial charge is 0.493 e. The highest BCUT2D eigenvalue weighted by Crippen LogP contribution is 2.20. The molecule has 18 heavy (non-hydrogen) atoms. The molecule has 0 radical (unpaired) electrons. The van der Waals surface area contributed by atoms with Gasteiger partial charge in [0.05, 0.1) is 12.7 Å². The van der Waals surface area contributed by atoms with Crippen LogP contribution < -0.4 is 15.0 Å². The summed E-state index contributed by atoms with van der Waals surface area (Å²) in [4.78, 5) is 2.03. The molecule has 4 heteroatoms. The van der Waals surface area contributed by atoms with Crippen LogP contribution in [-0.2, 0) is 0 Å². The summed E-state index contributed by atoms with van der Waals surface area (Å²) >= 11 is 0. The Hall–Kier alpha value is -1.73. The smallest absolute Gasteiger partial charge is 0.121 e. The lowest BCUT2D eigenvalue weighted by atomic mass is 10.0. The Morgan fingerprint density at radius 2 is 2.17 bits per heavy atom. The Labute approximate surface area is 109 Å². The molecule has 98 valence electrons. The van der Waals surface area contributed by atoms with Gasteiger partial charge in [0.25, 0.3) is 0 Å². The number of nitrogens with zero attached hydrogens (tertiary/aromatic N) is 2. The number of nitrogens with one attached hydrogen (secondary N) is 1. The quantitative estimate of drug-likeness (QED) is 0.835. The molecule has 0 aliphatic heterocycles. The summed E-state index contributed by atoms with van der Waals surface area (Å²) in [6.45, 7) is 2.38. The van der Waals surface area contributed by atoms with E-state index in [1.807, 2.05) is 50.2 Å². The molecule has 0 bridgehead atoms. The minimum atomic E-state index is -0.529. The highest BCUT2D eigenvalue weighted by Gasteiger charge is 2.20. The van der Waals surface area contributed by atoms with Gasteiger partial charge < -0.3 is 15.0 Å². The molecule has 0 aliphatic rings. The Morgan fingerprint density at radius 1 is 1.44 bits per heavy atom. The standard InChI is InChI=1S/C14H21N3O/c1-14(11-15,16-2)8-9-18-13-7-5-6-12(10-13)17(3)4/h5-7,10,16H,8-9H2,1-4H3. The van der Waals surface area contributed by atoms with Gasteiger partial charge in [0, 0.05) is 32.3 Å². The molecule has 1 N–H and O–H groups in total. The van der Waals surface area contributed by atoms with E-state index in [4.69, 9.17) is 10.00 Å². The van der Waals surface area contributed by atoms with Gasteiger partial charge in [-0.3, -0.25) is 0 Å². The van der Waals surface area contributed by atoms with Crippen LogP contribution in [0.3, 0.4) is 0 Å². The van der Waals surface area contributed by atoms with Crippen LogP contribution in [0, 0.1) is 11.3 Å². The number of nitriles is 1. The summed E-state index contributed by atoms with van der Waals surface area (Å²) < 4.78 is 5.68. The van der Waals surface area contributed by atoms with Crippen molar-refractivity contribution in [2.45, 2.75) is 18.9 Å². The Kier molecular flexibility index (Phi) is 4.99. The zero-order chi connectivity index (χ0) is 13.6. The van der Waals surface area contributed by atoms with Gasteiger partial charge in [-0.25, -0.2) is 0 Å². The fourth-order valence-electron chi connectivity index (χ4n) is 1.46. The molecular weight excluding hydrogens is 226 g/mol. The van der Waals surface area contributed by atoms with Crippen molar-refractivity contribution < 1.29 is 4.74 Å². The van der Waals surface area contributed by atoms with Crippen LogP contribution in [0.4, 0.5) is 5.69 Å². The maximum absolute atomic E-state index is 9.02. The molecule has 1 aromatic rings. The van der Waals surface area contributed by atoms with E-state index in [-0.39, 0.29) is 0 Å². The van der Waals surface area contributed by atoms with Gasteiger partial charge >= 0.3 is 0 Å². The van der Waals surface area contributed by atoms with Crippen LogP contribution >= 0.6 is 0 Å². The van der Waals surface area contributed by atoms with Gasteiger partial charge in [0.2, 0.25) is 0 Å². The topological polar surface area (TPSA) is 48.3 Å². The van der Waals surface area contributed by atoms with Gasteiger partial charge in [-0.05, 0) is 26.1 Å². The van der Waals surface area contributed by atoms with Crippen LogP contribution in [0.5, 0.6) is 5.75 Å². The molecule has 1 aromatic carbocycles. The lowest BCUT2D eigenvalue weighted by molar-refractivity contribution is 0.273. The highest BCUT2D eigenvalue weighted by atomic mass is 16.5. The number of anilines is 1. The second-order valence-electron chi connectivity index (χ2n) is 4.68. The Bertz CT molecular complexity index is 425. The van der Waals surface area contributed by atoms with E-state index in [0.29, 0.717) is 13.0 Å². The lowest BCUT2D eigenvalue weighted by Crippen LogP contribution is -2.39. The molecular formula is C14H21N3O. The minimum absolute atomic E-state index is 0.516. The van der Waals surface area contributed by atoms with Crippen molar-refractivity contribution in [3.63, 3.8) is 0 Å². The monoisotopic (exact) mass is 247 g/mol. The van der Waals surface area contributed by atoms with E-state index >= 15 is 0 Å². The molecule has 0 amide bonds. The van der Waals surface area contributed by atoms with E-state index in [1.165, 1.54) is 0 Å². The van der Waals surface area contributed by atoms with Gasteiger partial charge in [-0.2, -0.15) is 5.26 Å². The molecule has 0 spiro atoms. The first-order valence-corrected chi connectivity index (χ1v) is 6.01. The van der Waals surface area contributed by atoms with Crippen molar-refractivity contribution in [2.24, 2.45) is 0 Å². The van der Waals surface area contributed by atoms with E-state index in [1.54, 1.807) is 7.05 Å². The molecule has 4 nitrogen and oxygen atoms in total. The molecule has 0 saturated heterocycles. The predicted octanol–water partition coefficient (Wildman–Crippen LogP) is 2.02. The number of ether oxygens (including phenoxy) is 1. The van der Waals surface area contributed by atoms with E-state index in [9.17, 15) is 0 Å². The zero-order valence-corrected chi connectivity index (χ0v) is 11.5. The van der Waals surface area contributed by atoms with Crippen LogP contribution in [0.25, 0.3) is 0 Å². The third-order valence-corrected chi connectivity index (χ3v) is 3.00. The molecule has 0 heterocycles. The van der Waals surface area contributed by atoms with Crippen molar-refractivity contribution in [3.05, 3.63) is 24.3 Å². The molecule has 0 aromatic heterocycles. The van der Waals surface area contributed by atoms with Crippen molar-refractivity contribution in [1.82, 2.24) is 5.32 Å². The first-order valence-electron chi connectivity index (χ1n) is 6.01. The van der Waals surface area contributed by atoms with Gasteiger partial charge in [-0.1, -0.05) is 6.07 Å². The average molecular weight is 247 g/mol. The molecule has 0 saturated carbocycles. The predicted molar refractivity (Wildman–Crippen MR) is 74.0 cm³/mol.